The largest absolute Gasteiger partial charge is 0.345 e. The number of amides is 1. The lowest BCUT2D eigenvalue weighted by atomic mass is 9.92. The molecule has 1 saturated heterocycles. The summed E-state index contributed by atoms with van der Waals surface area (Å²) in [6.45, 7) is 3.65. The molecular formula is C14H23N3O3S. The second-order valence-electron chi connectivity index (χ2n) is 5.74. The summed E-state index contributed by atoms with van der Waals surface area (Å²) in [6.07, 6.45) is 5.81. The van der Waals surface area contributed by atoms with Gasteiger partial charge in [0, 0.05) is 26.3 Å². The number of aryl methyl sites for hydroxylation is 1. The van der Waals surface area contributed by atoms with Crippen LogP contribution in [0, 0.1) is 5.92 Å². The maximum Gasteiger partial charge on any atom is 0.270 e. The van der Waals surface area contributed by atoms with Crippen LogP contribution >= 0.6 is 0 Å². The van der Waals surface area contributed by atoms with E-state index in [1.807, 2.05) is 0 Å². The minimum absolute atomic E-state index is 0.0192. The quantitative estimate of drug-likeness (QED) is 0.910. The number of rotatable bonds is 4. The second kappa shape index (κ2) is 6.19. The predicted molar refractivity (Wildman–Crippen MR) is 80.3 cm³/mol. The molecule has 1 amide bonds. The molecule has 2 heterocycles. The van der Waals surface area contributed by atoms with Crippen LogP contribution in [0.15, 0.2) is 17.2 Å². The van der Waals surface area contributed by atoms with E-state index >= 15 is 0 Å². The van der Waals surface area contributed by atoms with Gasteiger partial charge in [0.1, 0.15) is 10.6 Å². The highest BCUT2D eigenvalue weighted by Gasteiger charge is 2.26. The van der Waals surface area contributed by atoms with E-state index in [0.717, 1.165) is 25.9 Å². The fourth-order valence-corrected chi connectivity index (χ4v) is 3.48. The Morgan fingerprint density at radius 3 is 2.48 bits per heavy atom. The van der Waals surface area contributed by atoms with E-state index in [9.17, 15) is 13.2 Å². The van der Waals surface area contributed by atoms with Crippen LogP contribution in [0.1, 0.15) is 43.1 Å². The molecule has 118 valence electrons. The van der Waals surface area contributed by atoms with Crippen molar-refractivity contribution in [1.29, 1.82) is 0 Å². The summed E-state index contributed by atoms with van der Waals surface area (Å²) in [6, 6.07) is 1.36. The number of nitrogens with zero attached hydrogens (tertiary/aromatic N) is 2. The molecule has 0 spiro atoms. The first-order valence-electron chi connectivity index (χ1n) is 7.31. The van der Waals surface area contributed by atoms with Gasteiger partial charge in [0.2, 0.25) is 10.0 Å². The summed E-state index contributed by atoms with van der Waals surface area (Å²) in [4.78, 5) is 14.3. The van der Waals surface area contributed by atoms with Crippen LogP contribution in [0.4, 0.5) is 0 Å². The van der Waals surface area contributed by atoms with Crippen molar-refractivity contribution in [1.82, 2.24) is 9.47 Å². The Bertz CT molecular complexity index is 613. The molecule has 1 aromatic rings. The summed E-state index contributed by atoms with van der Waals surface area (Å²) < 4.78 is 24.2. The SMILES string of the molecule is CCCC1CCN(C(=O)c2cc(S(N)(=O)=O)cn2C)CC1. The average molecular weight is 313 g/mol. The molecule has 0 bridgehead atoms. The van der Waals surface area contributed by atoms with Crippen molar-refractivity contribution in [2.45, 2.75) is 37.5 Å². The highest BCUT2D eigenvalue weighted by molar-refractivity contribution is 7.89. The van der Waals surface area contributed by atoms with Crippen molar-refractivity contribution in [2.75, 3.05) is 13.1 Å². The minimum Gasteiger partial charge on any atom is -0.345 e. The van der Waals surface area contributed by atoms with Gasteiger partial charge in [0.05, 0.1) is 0 Å². The predicted octanol–water partition coefficient (Wildman–Crippen LogP) is 1.32. The zero-order valence-electron chi connectivity index (χ0n) is 12.6. The smallest absolute Gasteiger partial charge is 0.270 e. The van der Waals surface area contributed by atoms with Gasteiger partial charge in [-0.2, -0.15) is 0 Å². The number of likely N-dealkylation sites (tertiary alicyclic amines) is 1. The Balaban J connectivity index is 2.10. The van der Waals surface area contributed by atoms with Gasteiger partial charge in [-0.15, -0.1) is 0 Å². The van der Waals surface area contributed by atoms with Crippen LogP contribution in [0.5, 0.6) is 0 Å². The highest BCUT2D eigenvalue weighted by Crippen LogP contribution is 2.23. The van der Waals surface area contributed by atoms with E-state index in [2.05, 4.69) is 6.92 Å². The molecular weight excluding hydrogens is 290 g/mol. The van der Waals surface area contributed by atoms with Crippen LogP contribution in [-0.2, 0) is 17.1 Å². The molecule has 7 heteroatoms. The molecule has 6 nitrogen and oxygen atoms in total. The summed E-state index contributed by atoms with van der Waals surface area (Å²) in [5, 5.41) is 5.10. The zero-order chi connectivity index (χ0) is 15.6. The van der Waals surface area contributed by atoms with E-state index in [-0.39, 0.29) is 10.8 Å². The number of aromatic nitrogens is 1. The monoisotopic (exact) mass is 313 g/mol. The van der Waals surface area contributed by atoms with E-state index in [4.69, 9.17) is 5.14 Å². The van der Waals surface area contributed by atoms with Crippen molar-refractivity contribution in [2.24, 2.45) is 18.1 Å². The molecule has 0 aromatic carbocycles. The lowest BCUT2D eigenvalue weighted by Gasteiger charge is -2.32. The molecule has 0 radical (unpaired) electrons. The van der Waals surface area contributed by atoms with Crippen LogP contribution in [0.25, 0.3) is 0 Å². The Labute approximate surface area is 126 Å². The van der Waals surface area contributed by atoms with Gasteiger partial charge in [-0.3, -0.25) is 4.79 Å². The van der Waals surface area contributed by atoms with E-state index in [1.54, 1.807) is 11.9 Å². The van der Waals surface area contributed by atoms with Gasteiger partial charge in [0.25, 0.3) is 5.91 Å². The molecule has 1 fully saturated rings. The Kier molecular flexibility index (Phi) is 4.73. The lowest BCUT2D eigenvalue weighted by molar-refractivity contribution is 0.0677. The molecule has 1 aliphatic rings. The highest BCUT2D eigenvalue weighted by atomic mass is 32.2. The topological polar surface area (TPSA) is 85.4 Å². The molecule has 0 atom stereocenters. The third kappa shape index (κ3) is 3.65. The van der Waals surface area contributed by atoms with Crippen LogP contribution in [0.3, 0.4) is 0 Å². The number of hydrogen-bond donors (Lipinski definition) is 1. The van der Waals surface area contributed by atoms with Crippen molar-refractivity contribution >= 4 is 15.9 Å². The van der Waals surface area contributed by atoms with Gasteiger partial charge in [-0.1, -0.05) is 19.8 Å². The molecule has 0 aliphatic carbocycles. The van der Waals surface area contributed by atoms with Gasteiger partial charge >= 0.3 is 0 Å². The fourth-order valence-electron chi connectivity index (χ4n) is 2.90. The molecule has 1 aromatic heterocycles. The summed E-state index contributed by atoms with van der Waals surface area (Å²) in [5.41, 5.74) is 0.368. The third-order valence-corrected chi connectivity index (χ3v) is 5.01. The third-order valence-electron chi connectivity index (χ3n) is 4.13. The first-order valence-corrected chi connectivity index (χ1v) is 8.86. The molecule has 0 saturated carbocycles. The molecule has 0 unspecified atom stereocenters. The molecule has 2 rings (SSSR count). The maximum absolute atomic E-state index is 12.5. The Hall–Kier alpha value is -1.34. The Morgan fingerprint density at radius 1 is 1.38 bits per heavy atom. The van der Waals surface area contributed by atoms with Gasteiger partial charge in [-0.25, -0.2) is 13.6 Å². The maximum atomic E-state index is 12.5. The van der Waals surface area contributed by atoms with E-state index in [0.29, 0.717) is 11.6 Å². The van der Waals surface area contributed by atoms with E-state index in [1.165, 1.54) is 29.7 Å². The van der Waals surface area contributed by atoms with E-state index < -0.39 is 10.0 Å². The molecule has 21 heavy (non-hydrogen) atoms. The number of carbonyl (C=O) groups excluding carboxylic acids is 1. The summed E-state index contributed by atoms with van der Waals surface area (Å²) in [5.74, 6) is 0.579. The van der Waals surface area contributed by atoms with Crippen LogP contribution in [0.2, 0.25) is 0 Å². The van der Waals surface area contributed by atoms with Crippen molar-refractivity contribution < 1.29 is 13.2 Å². The lowest BCUT2D eigenvalue weighted by Crippen LogP contribution is -2.39. The fraction of sp³-hybridized carbons (Fsp3) is 0.643. The van der Waals surface area contributed by atoms with Crippen molar-refractivity contribution in [3.63, 3.8) is 0 Å². The normalized spacial score (nSPS) is 17.2. The zero-order valence-corrected chi connectivity index (χ0v) is 13.4. The van der Waals surface area contributed by atoms with Crippen molar-refractivity contribution in [3.05, 3.63) is 18.0 Å². The number of carbonyl (C=O) groups is 1. The number of hydrogen-bond acceptors (Lipinski definition) is 3. The minimum atomic E-state index is -3.78. The van der Waals surface area contributed by atoms with Crippen LogP contribution < -0.4 is 5.14 Å². The van der Waals surface area contributed by atoms with Gasteiger partial charge in [-0.05, 0) is 24.8 Å². The number of sulfonamides is 1. The number of nitrogens with two attached hydrogens (primary N) is 1. The van der Waals surface area contributed by atoms with Gasteiger partial charge < -0.3 is 9.47 Å². The summed E-state index contributed by atoms with van der Waals surface area (Å²) >= 11 is 0. The first kappa shape index (κ1) is 16.0. The van der Waals surface area contributed by atoms with Gasteiger partial charge in [0.15, 0.2) is 0 Å². The van der Waals surface area contributed by atoms with Crippen LogP contribution in [-0.4, -0.2) is 36.9 Å². The first-order chi connectivity index (χ1) is 9.82. The summed E-state index contributed by atoms with van der Waals surface area (Å²) in [7, 11) is -2.12. The second-order valence-corrected chi connectivity index (χ2v) is 7.30. The number of piperidine rings is 1. The molecule has 1 aliphatic heterocycles. The molecule has 2 N–H and O–H groups in total. The standard InChI is InChI=1S/C14H23N3O3S/c1-3-4-11-5-7-17(8-6-11)14(18)13-9-12(10-16(13)2)21(15,19)20/h9-11H,3-8H2,1-2H3,(H2,15,19,20). The van der Waals surface area contributed by atoms with Crippen molar-refractivity contribution in [3.8, 4) is 0 Å². The Morgan fingerprint density at radius 2 is 2.00 bits per heavy atom. The number of primary sulfonamides is 1. The average Bonchev–Trinajstić information content (AvgIpc) is 2.81.